The van der Waals surface area contributed by atoms with E-state index >= 15 is 0 Å². The van der Waals surface area contributed by atoms with Crippen molar-refractivity contribution >= 4 is 16.8 Å². The molecule has 1 heterocycles. The van der Waals surface area contributed by atoms with E-state index in [4.69, 9.17) is 0 Å². The highest BCUT2D eigenvalue weighted by Crippen LogP contribution is 2.15. The van der Waals surface area contributed by atoms with Crippen LogP contribution in [0.1, 0.15) is 31.2 Å². The van der Waals surface area contributed by atoms with Gasteiger partial charge in [-0.25, -0.2) is 4.98 Å². The first-order valence-corrected chi connectivity index (χ1v) is 5.60. The third-order valence-corrected chi connectivity index (χ3v) is 2.66. The van der Waals surface area contributed by atoms with E-state index in [0.29, 0.717) is 6.42 Å². The van der Waals surface area contributed by atoms with E-state index in [0.717, 1.165) is 29.7 Å². The molecule has 3 nitrogen and oxygen atoms in total. The SMILES string of the molecule is CC(=O)CCCc1ccc2nc(C)[nH]c2c1. The van der Waals surface area contributed by atoms with Gasteiger partial charge < -0.3 is 9.78 Å². The molecule has 2 rings (SSSR count). The number of H-pyrrole nitrogens is 1. The average molecular weight is 216 g/mol. The van der Waals surface area contributed by atoms with Gasteiger partial charge in [0.25, 0.3) is 0 Å². The quantitative estimate of drug-likeness (QED) is 0.854. The second-order valence-corrected chi connectivity index (χ2v) is 4.23. The van der Waals surface area contributed by atoms with Gasteiger partial charge in [0.05, 0.1) is 11.0 Å². The van der Waals surface area contributed by atoms with Crippen LogP contribution in [0, 0.1) is 6.92 Å². The monoisotopic (exact) mass is 216 g/mol. The number of ketones is 1. The fourth-order valence-corrected chi connectivity index (χ4v) is 1.88. The molecular weight excluding hydrogens is 200 g/mol. The molecule has 2 aromatic rings. The van der Waals surface area contributed by atoms with Crippen LogP contribution in [0.3, 0.4) is 0 Å². The van der Waals surface area contributed by atoms with Gasteiger partial charge in [0, 0.05) is 6.42 Å². The Hall–Kier alpha value is -1.64. The minimum absolute atomic E-state index is 0.262. The van der Waals surface area contributed by atoms with Gasteiger partial charge in [-0.15, -0.1) is 0 Å². The Bertz CT molecular complexity index is 514. The van der Waals surface area contributed by atoms with E-state index < -0.39 is 0 Å². The lowest BCUT2D eigenvalue weighted by Crippen LogP contribution is -1.92. The number of carbonyl (C=O) groups excluding carboxylic acids is 1. The van der Waals surface area contributed by atoms with Crippen LogP contribution in [-0.2, 0) is 11.2 Å². The maximum Gasteiger partial charge on any atom is 0.129 e. The second-order valence-electron chi connectivity index (χ2n) is 4.23. The predicted molar refractivity (Wildman–Crippen MR) is 64.4 cm³/mol. The molecule has 0 aliphatic heterocycles. The molecule has 0 amide bonds. The zero-order chi connectivity index (χ0) is 11.5. The summed E-state index contributed by atoms with van der Waals surface area (Å²) in [6.45, 7) is 3.59. The van der Waals surface area contributed by atoms with Gasteiger partial charge in [0.15, 0.2) is 0 Å². The molecule has 0 aliphatic carbocycles. The third kappa shape index (κ3) is 2.48. The summed E-state index contributed by atoms with van der Waals surface area (Å²) >= 11 is 0. The van der Waals surface area contributed by atoms with Crippen LogP contribution < -0.4 is 0 Å². The Labute approximate surface area is 94.9 Å². The number of rotatable bonds is 4. The summed E-state index contributed by atoms with van der Waals surface area (Å²) in [5.74, 6) is 1.20. The summed E-state index contributed by atoms with van der Waals surface area (Å²) in [4.78, 5) is 18.4. The number of aromatic amines is 1. The van der Waals surface area contributed by atoms with Crippen molar-refractivity contribution in [1.82, 2.24) is 9.97 Å². The topological polar surface area (TPSA) is 45.8 Å². The average Bonchev–Trinajstić information content (AvgIpc) is 2.56. The van der Waals surface area contributed by atoms with E-state index in [2.05, 4.69) is 22.1 Å². The summed E-state index contributed by atoms with van der Waals surface area (Å²) in [5.41, 5.74) is 3.35. The maximum atomic E-state index is 10.8. The van der Waals surface area contributed by atoms with Crippen molar-refractivity contribution in [2.45, 2.75) is 33.1 Å². The lowest BCUT2D eigenvalue weighted by atomic mass is 10.1. The Morgan fingerprint density at radius 3 is 3.00 bits per heavy atom. The molecule has 0 atom stereocenters. The molecule has 84 valence electrons. The number of aryl methyl sites for hydroxylation is 2. The van der Waals surface area contributed by atoms with E-state index in [-0.39, 0.29) is 5.78 Å². The summed E-state index contributed by atoms with van der Waals surface area (Å²) in [6, 6.07) is 6.24. The van der Waals surface area contributed by atoms with Gasteiger partial charge in [0.1, 0.15) is 11.6 Å². The highest BCUT2D eigenvalue weighted by atomic mass is 16.1. The van der Waals surface area contributed by atoms with Gasteiger partial charge in [-0.3, -0.25) is 0 Å². The molecule has 0 spiro atoms. The van der Waals surface area contributed by atoms with Crippen molar-refractivity contribution in [3.05, 3.63) is 29.6 Å². The van der Waals surface area contributed by atoms with E-state index in [1.807, 2.05) is 13.0 Å². The van der Waals surface area contributed by atoms with E-state index in [1.165, 1.54) is 5.56 Å². The van der Waals surface area contributed by atoms with E-state index in [1.54, 1.807) is 6.92 Å². The van der Waals surface area contributed by atoms with Gasteiger partial charge in [-0.05, 0) is 44.4 Å². The minimum atomic E-state index is 0.262. The lowest BCUT2D eigenvalue weighted by molar-refractivity contribution is -0.117. The van der Waals surface area contributed by atoms with Crippen LogP contribution in [-0.4, -0.2) is 15.8 Å². The largest absolute Gasteiger partial charge is 0.342 e. The summed E-state index contributed by atoms with van der Waals surface area (Å²) < 4.78 is 0. The standard InChI is InChI=1S/C13H16N2O/c1-9(16)4-3-5-11-6-7-12-13(8-11)15-10(2)14-12/h6-8H,3-5H2,1-2H3,(H,14,15). The molecule has 1 N–H and O–H groups in total. The molecule has 1 aromatic carbocycles. The Kier molecular flexibility index (Phi) is 3.04. The molecule has 16 heavy (non-hydrogen) atoms. The van der Waals surface area contributed by atoms with Crippen molar-refractivity contribution in [3.8, 4) is 0 Å². The third-order valence-electron chi connectivity index (χ3n) is 2.66. The number of benzene rings is 1. The zero-order valence-corrected chi connectivity index (χ0v) is 9.71. The fourth-order valence-electron chi connectivity index (χ4n) is 1.88. The zero-order valence-electron chi connectivity index (χ0n) is 9.71. The first-order valence-electron chi connectivity index (χ1n) is 5.60. The number of nitrogens with zero attached hydrogens (tertiary/aromatic N) is 1. The smallest absolute Gasteiger partial charge is 0.129 e. The van der Waals surface area contributed by atoms with Crippen molar-refractivity contribution < 1.29 is 4.79 Å². The highest BCUT2D eigenvalue weighted by molar-refractivity contribution is 5.76. The van der Waals surface area contributed by atoms with E-state index in [9.17, 15) is 4.79 Å². The lowest BCUT2D eigenvalue weighted by Gasteiger charge is -1.99. The number of aromatic nitrogens is 2. The minimum Gasteiger partial charge on any atom is -0.342 e. The number of carbonyl (C=O) groups is 1. The molecule has 1 aromatic heterocycles. The second kappa shape index (κ2) is 4.47. The molecule has 0 saturated heterocycles. The predicted octanol–water partition coefficient (Wildman–Crippen LogP) is 2.78. The summed E-state index contributed by atoms with van der Waals surface area (Å²) in [6.07, 6.45) is 2.54. The van der Waals surface area contributed by atoms with Crippen LogP contribution in [0.15, 0.2) is 18.2 Å². The van der Waals surface area contributed by atoms with Crippen LogP contribution in [0.2, 0.25) is 0 Å². The number of hydrogen-bond donors (Lipinski definition) is 1. The molecule has 0 bridgehead atoms. The first kappa shape index (κ1) is 10.9. The highest BCUT2D eigenvalue weighted by Gasteiger charge is 2.01. The number of Topliss-reactive ketones (excluding diaryl/α,β-unsaturated/α-hetero) is 1. The number of fused-ring (bicyclic) bond motifs is 1. The first-order chi connectivity index (χ1) is 7.65. The molecule has 0 saturated carbocycles. The van der Waals surface area contributed by atoms with Gasteiger partial charge in [-0.2, -0.15) is 0 Å². The Morgan fingerprint density at radius 2 is 2.25 bits per heavy atom. The van der Waals surface area contributed by atoms with Gasteiger partial charge in [0.2, 0.25) is 0 Å². The molecule has 0 fully saturated rings. The van der Waals surface area contributed by atoms with Crippen LogP contribution in [0.4, 0.5) is 0 Å². The van der Waals surface area contributed by atoms with Crippen LogP contribution in [0.5, 0.6) is 0 Å². The fraction of sp³-hybridized carbons (Fsp3) is 0.385. The Morgan fingerprint density at radius 1 is 1.44 bits per heavy atom. The molecule has 3 heteroatoms. The van der Waals surface area contributed by atoms with Crippen molar-refractivity contribution in [2.24, 2.45) is 0 Å². The van der Waals surface area contributed by atoms with Crippen LogP contribution in [0.25, 0.3) is 11.0 Å². The summed E-state index contributed by atoms with van der Waals surface area (Å²) in [7, 11) is 0. The number of nitrogens with one attached hydrogen (secondary N) is 1. The summed E-state index contributed by atoms with van der Waals surface area (Å²) in [5, 5.41) is 0. The van der Waals surface area contributed by atoms with Crippen molar-refractivity contribution in [3.63, 3.8) is 0 Å². The van der Waals surface area contributed by atoms with Crippen LogP contribution >= 0.6 is 0 Å². The molecule has 0 aliphatic rings. The Balaban J connectivity index is 2.10. The van der Waals surface area contributed by atoms with Gasteiger partial charge in [-0.1, -0.05) is 6.07 Å². The molecule has 0 radical (unpaired) electrons. The van der Waals surface area contributed by atoms with Crippen molar-refractivity contribution in [1.29, 1.82) is 0 Å². The number of imidazole rings is 1. The van der Waals surface area contributed by atoms with Gasteiger partial charge >= 0.3 is 0 Å². The van der Waals surface area contributed by atoms with Crippen molar-refractivity contribution in [2.75, 3.05) is 0 Å². The normalized spacial score (nSPS) is 10.9. The molecule has 0 unspecified atom stereocenters. The molecular formula is C13H16N2O. The number of hydrogen-bond acceptors (Lipinski definition) is 2. The maximum absolute atomic E-state index is 10.8.